The fourth-order valence-electron chi connectivity index (χ4n) is 1.58. The molecule has 0 atom stereocenters. The molecule has 0 saturated heterocycles. The largest absolute Gasteiger partial charge is 0.482 e. The number of imidazole rings is 1. The summed E-state index contributed by atoms with van der Waals surface area (Å²) in [5, 5.41) is 8.74. The maximum absolute atomic E-state index is 8.74. The van der Waals surface area contributed by atoms with E-state index in [0.29, 0.717) is 0 Å². The van der Waals surface area contributed by atoms with Gasteiger partial charge in [-0.15, -0.1) is 0 Å². The lowest BCUT2D eigenvalue weighted by atomic mass is 10.3. The monoisotopic (exact) mass is 206 g/mol. The zero-order valence-electron chi connectivity index (χ0n) is 8.68. The Balaban J connectivity index is 2.37. The van der Waals surface area contributed by atoms with Crippen LogP contribution in [0.2, 0.25) is 0 Å². The molecule has 1 N–H and O–H groups in total. The van der Waals surface area contributed by atoms with Gasteiger partial charge in [-0.1, -0.05) is 6.07 Å². The maximum atomic E-state index is 8.74. The number of rotatable bonds is 4. The van der Waals surface area contributed by atoms with Gasteiger partial charge in [0.05, 0.1) is 12.8 Å². The van der Waals surface area contributed by atoms with E-state index in [1.54, 1.807) is 7.11 Å². The molecule has 2 heterocycles. The van der Waals surface area contributed by atoms with E-state index in [4.69, 9.17) is 9.84 Å². The molecule has 0 saturated carbocycles. The molecule has 0 unspecified atom stereocenters. The minimum absolute atomic E-state index is 0.199. The molecule has 0 radical (unpaired) electrons. The molecule has 0 fully saturated rings. The lowest BCUT2D eigenvalue weighted by Crippen LogP contribution is -1.91. The molecular weight excluding hydrogens is 192 g/mol. The average molecular weight is 206 g/mol. The van der Waals surface area contributed by atoms with Crippen LogP contribution >= 0.6 is 0 Å². The van der Waals surface area contributed by atoms with Gasteiger partial charge >= 0.3 is 0 Å². The van der Waals surface area contributed by atoms with Crippen molar-refractivity contribution >= 4 is 5.65 Å². The van der Waals surface area contributed by atoms with E-state index in [1.165, 1.54) is 0 Å². The molecule has 2 aromatic heterocycles. The van der Waals surface area contributed by atoms with Crippen molar-refractivity contribution in [2.45, 2.75) is 12.8 Å². The molecular formula is C11H14N2O2. The topological polar surface area (TPSA) is 46.8 Å². The first-order valence-corrected chi connectivity index (χ1v) is 4.97. The van der Waals surface area contributed by atoms with Gasteiger partial charge in [0, 0.05) is 12.8 Å². The number of aliphatic hydroxyl groups is 1. The van der Waals surface area contributed by atoms with E-state index in [1.807, 2.05) is 28.8 Å². The van der Waals surface area contributed by atoms with Crippen molar-refractivity contribution in [3.05, 3.63) is 30.1 Å². The SMILES string of the molecule is COc1cccc2nc(CCCO)cn12. The van der Waals surface area contributed by atoms with Gasteiger partial charge in [-0.2, -0.15) is 0 Å². The Morgan fingerprint density at radius 3 is 3.07 bits per heavy atom. The van der Waals surface area contributed by atoms with E-state index in [-0.39, 0.29) is 6.61 Å². The minimum Gasteiger partial charge on any atom is -0.482 e. The third kappa shape index (κ3) is 1.94. The second-order valence-electron chi connectivity index (χ2n) is 3.36. The summed E-state index contributed by atoms with van der Waals surface area (Å²) >= 11 is 0. The Labute approximate surface area is 88.1 Å². The summed E-state index contributed by atoms with van der Waals surface area (Å²) in [6, 6.07) is 5.74. The smallest absolute Gasteiger partial charge is 0.198 e. The highest BCUT2D eigenvalue weighted by atomic mass is 16.5. The Bertz CT molecular complexity index is 451. The van der Waals surface area contributed by atoms with Crippen LogP contribution < -0.4 is 4.74 Å². The van der Waals surface area contributed by atoms with E-state index >= 15 is 0 Å². The summed E-state index contributed by atoms with van der Waals surface area (Å²) < 4.78 is 7.13. The molecule has 0 aromatic carbocycles. The molecule has 2 rings (SSSR count). The number of ether oxygens (including phenoxy) is 1. The fourth-order valence-corrected chi connectivity index (χ4v) is 1.58. The Morgan fingerprint density at radius 1 is 1.47 bits per heavy atom. The van der Waals surface area contributed by atoms with Crippen LogP contribution in [-0.2, 0) is 6.42 Å². The molecule has 0 aliphatic carbocycles. The van der Waals surface area contributed by atoms with Crippen LogP contribution in [0, 0.1) is 0 Å². The first kappa shape index (κ1) is 9.98. The van der Waals surface area contributed by atoms with Crippen molar-refractivity contribution in [1.82, 2.24) is 9.38 Å². The molecule has 4 nitrogen and oxygen atoms in total. The second kappa shape index (κ2) is 4.31. The van der Waals surface area contributed by atoms with Crippen molar-refractivity contribution in [3.63, 3.8) is 0 Å². The van der Waals surface area contributed by atoms with Gasteiger partial charge in [-0.25, -0.2) is 4.98 Å². The predicted molar refractivity (Wildman–Crippen MR) is 57.2 cm³/mol. The molecule has 80 valence electrons. The number of fused-ring (bicyclic) bond motifs is 1. The van der Waals surface area contributed by atoms with E-state index < -0.39 is 0 Å². The summed E-state index contributed by atoms with van der Waals surface area (Å²) in [5.41, 5.74) is 1.86. The normalized spacial score (nSPS) is 10.8. The molecule has 4 heteroatoms. The van der Waals surface area contributed by atoms with Crippen LogP contribution in [0.5, 0.6) is 5.88 Å². The van der Waals surface area contributed by atoms with Crippen molar-refractivity contribution in [3.8, 4) is 5.88 Å². The highest BCUT2D eigenvalue weighted by Crippen LogP contribution is 2.15. The molecule has 0 aliphatic heterocycles. The molecule has 0 bridgehead atoms. The maximum Gasteiger partial charge on any atom is 0.198 e. The van der Waals surface area contributed by atoms with Gasteiger partial charge < -0.3 is 9.84 Å². The van der Waals surface area contributed by atoms with Gasteiger partial charge in [-0.3, -0.25) is 4.40 Å². The standard InChI is InChI=1S/C11H14N2O2/c1-15-11-6-2-5-10-12-9(4-3-7-14)8-13(10)11/h2,5-6,8,14H,3-4,7H2,1H3. The van der Waals surface area contributed by atoms with Crippen molar-refractivity contribution < 1.29 is 9.84 Å². The zero-order valence-corrected chi connectivity index (χ0v) is 8.68. The van der Waals surface area contributed by atoms with Gasteiger partial charge in [0.1, 0.15) is 5.65 Å². The number of nitrogens with zero attached hydrogens (tertiary/aromatic N) is 2. The van der Waals surface area contributed by atoms with E-state index in [2.05, 4.69) is 4.98 Å². The number of aliphatic hydroxyl groups excluding tert-OH is 1. The predicted octanol–water partition coefficient (Wildman–Crippen LogP) is 1.27. The number of hydrogen-bond acceptors (Lipinski definition) is 3. The second-order valence-corrected chi connectivity index (χ2v) is 3.36. The Morgan fingerprint density at radius 2 is 2.33 bits per heavy atom. The summed E-state index contributed by atoms with van der Waals surface area (Å²) in [7, 11) is 1.64. The van der Waals surface area contributed by atoms with Gasteiger partial charge in [0.2, 0.25) is 0 Å². The number of aryl methyl sites for hydroxylation is 1. The third-order valence-corrected chi connectivity index (χ3v) is 2.30. The average Bonchev–Trinajstić information content (AvgIpc) is 2.68. The summed E-state index contributed by atoms with van der Waals surface area (Å²) in [5.74, 6) is 0.773. The summed E-state index contributed by atoms with van der Waals surface area (Å²) in [4.78, 5) is 4.43. The van der Waals surface area contributed by atoms with Gasteiger partial charge in [0.25, 0.3) is 0 Å². The van der Waals surface area contributed by atoms with Crippen LogP contribution in [0.1, 0.15) is 12.1 Å². The lowest BCUT2D eigenvalue weighted by Gasteiger charge is -2.01. The Kier molecular flexibility index (Phi) is 2.87. The van der Waals surface area contributed by atoms with Crippen molar-refractivity contribution in [1.29, 1.82) is 0 Å². The Hall–Kier alpha value is -1.55. The third-order valence-electron chi connectivity index (χ3n) is 2.30. The van der Waals surface area contributed by atoms with Crippen molar-refractivity contribution in [2.24, 2.45) is 0 Å². The lowest BCUT2D eigenvalue weighted by molar-refractivity contribution is 0.288. The van der Waals surface area contributed by atoms with Crippen LogP contribution in [0.25, 0.3) is 5.65 Å². The minimum atomic E-state index is 0.199. The van der Waals surface area contributed by atoms with Crippen LogP contribution in [0.3, 0.4) is 0 Å². The first-order chi connectivity index (χ1) is 7.35. The number of pyridine rings is 1. The molecule has 0 aliphatic rings. The first-order valence-electron chi connectivity index (χ1n) is 4.97. The zero-order chi connectivity index (χ0) is 10.7. The van der Waals surface area contributed by atoms with Crippen LogP contribution in [-0.4, -0.2) is 28.2 Å². The molecule has 2 aromatic rings. The highest BCUT2D eigenvalue weighted by molar-refractivity contribution is 5.43. The molecule has 0 spiro atoms. The molecule has 15 heavy (non-hydrogen) atoms. The number of methoxy groups -OCH3 is 1. The van der Waals surface area contributed by atoms with Gasteiger partial charge in [0.15, 0.2) is 5.88 Å². The van der Waals surface area contributed by atoms with Gasteiger partial charge in [-0.05, 0) is 25.0 Å². The van der Waals surface area contributed by atoms with Crippen molar-refractivity contribution in [2.75, 3.05) is 13.7 Å². The van der Waals surface area contributed by atoms with E-state index in [9.17, 15) is 0 Å². The molecule has 0 amide bonds. The number of aromatic nitrogens is 2. The summed E-state index contributed by atoms with van der Waals surface area (Å²) in [6.07, 6.45) is 3.48. The fraction of sp³-hybridized carbons (Fsp3) is 0.364. The highest BCUT2D eigenvalue weighted by Gasteiger charge is 2.04. The quantitative estimate of drug-likeness (QED) is 0.819. The van der Waals surface area contributed by atoms with Crippen LogP contribution in [0.4, 0.5) is 0 Å². The van der Waals surface area contributed by atoms with E-state index in [0.717, 1.165) is 30.1 Å². The summed E-state index contributed by atoms with van der Waals surface area (Å²) in [6.45, 7) is 0.199. The van der Waals surface area contributed by atoms with Crippen LogP contribution in [0.15, 0.2) is 24.4 Å². The number of hydrogen-bond donors (Lipinski definition) is 1.